The summed E-state index contributed by atoms with van der Waals surface area (Å²) in [5.74, 6) is -1.43. The first-order chi connectivity index (χ1) is 10.1. The van der Waals surface area contributed by atoms with E-state index in [9.17, 15) is 9.18 Å². The van der Waals surface area contributed by atoms with Crippen LogP contribution in [-0.4, -0.2) is 21.1 Å². The summed E-state index contributed by atoms with van der Waals surface area (Å²) in [6.45, 7) is 0. The third-order valence-corrected chi connectivity index (χ3v) is 3.62. The lowest BCUT2D eigenvalue weighted by molar-refractivity contribution is 0.0992. The number of nitrogens with zero attached hydrogens (tertiary/aromatic N) is 2. The summed E-state index contributed by atoms with van der Waals surface area (Å²) < 4.78 is 20.0. The van der Waals surface area contributed by atoms with E-state index in [1.165, 1.54) is 18.3 Å². The van der Waals surface area contributed by atoms with Gasteiger partial charge in [-0.2, -0.15) is 5.10 Å². The van der Waals surface area contributed by atoms with E-state index in [0.717, 1.165) is 5.39 Å². The lowest BCUT2D eigenvalue weighted by Gasteiger charge is -2.11. The Morgan fingerprint density at radius 2 is 2.24 bits per heavy atom. The number of aromatic nitrogens is 3. The number of benzene rings is 1. The number of hydrogen-bond donors (Lipinski definition) is 2. The van der Waals surface area contributed by atoms with Crippen molar-refractivity contribution in [2.75, 3.05) is 0 Å². The van der Waals surface area contributed by atoms with Crippen LogP contribution < -0.4 is 10.5 Å². The van der Waals surface area contributed by atoms with Gasteiger partial charge in [0.1, 0.15) is 0 Å². The summed E-state index contributed by atoms with van der Waals surface area (Å²) >= 11 is 3.29. The summed E-state index contributed by atoms with van der Waals surface area (Å²) in [5, 5.41) is 7.89. The van der Waals surface area contributed by atoms with E-state index in [1.807, 2.05) is 0 Å². The molecule has 0 radical (unpaired) electrons. The molecular formula is C13H8BrFN4O2. The number of amides is 1. The maximum Gasteiger partial charge on any atom is 0.273 e. The highest BCUT2D eigenvalue weighted by Gasteiger charge is 2.18. The first-order valence-corrected chi connectivity index (χ1v) is 6.61. The van der Waals surface area contributed by atoms with Gasteiger partial charge in [0.25, 0.3) is 5.91 Å². The number of rotatable bonds is 3. The Bertz CT molecular complexity index is 849. The van der Waals surface area contributed by atoms with E-state index in [-0.39, 0.29) is 17.2 Å². The minimum Gasteiger partial charge on any atom is -0.450 e. The fourth-order valence-corrected chi connectivity index (χ4v) is 2.51. The van der Waals surface area contributed by atoms with Crippen molar-refractivity contribution < 1.29 is 13.9 Å². The monoisotopic (exact) mass is 350 g/mol. The van der Waals surface area contributed by atoms with E-state index in [0.29, 0.717) is 9.99 Å². The second-order valence-corrected chi connectivity index (χ2v) is 4.94. The number of carbonyl (C=O) groups excluding carboxylic acids is 1. The second kappa shape index (κ2) is 5.13. The van der Waals surface area contributed by atoms with Gasteiger partial charge >= 0.3 is 0 Å². The number of halogens is 2. The number of fused-ring (bicyclic) bond motifs is 1. The third kappa shape index (κ3) is 2.33. The van der Waals surface area contributed by atoms with Gasteiger partial charge in [0.05, 0.1) is 10.7 Å². The van der Waals surface area contributed by atoms with Crippen molar-refractivity contribution in [3.05, 3.63) is 46.6 Å². The minimum atomic E-state index is -0.808. The Balaban J connectivity index is 2.12. The molecule has 0 aliphatic heterocycles. The molecule has 0 bridgehead atoms. The first kappa shape index (κ1) is 13.5. The van der Waals surface area contributed by atoms with Crippen LogP contribution in [0, 0.1) is 5.82 Å². The Morgan fingerprint density at radius 1 is 1.43 bits per heavy atom. The van der Waals surface area contributed by atoms with Gasteiger partial charge in [0, 0.05) is 29.2 Å². The predicted octanol–water partition coefficient (Wildman–Crippen LogP) is 2.75. The standard InChI is InChI=1S/C13H8BrFN4O2/c14-10-6-1-3-17-8(6)5-7(15)12(10)21-9-2-4-18-19-11(9)13(16)20/h1-5,17H,(H2,16,20). The number of nitrogens with two attached hydrogens (primary N) is 1. The van der Waals surface area contributed by atoms with Gasteiger partial charge in [-0.15, -0.1) is 5.10 Å². The topological polar surface area (TPSA) is 93.9 Å². The van der Waals surface area contributed by atoms with Crippen LogP contribution in [0.5, 0.6) is 11.5 Å². The highest BCUT2D eigenvalue weighted by molar-refractivity contribution is 9.10. The molecule has 0 saturated carbocycles. The van der Waals surface area contributed by atoms with Gasteiger partial charge in [-0.1, -0.05) is 0 Å². The molecule has 0 aliphatic carbocycles. The number of aromatic amines is 1. The molecule has 1 aromatic carbocycles. The molecule has 0 unspecified atom stereocenters. The molecule has 0 aliphatic rings. The van der Waals surface area contributed by atoms with Gasteiger partial charge in [-0.3, -0.25) is 4.79 Å². The van der Waals surface area contributed by atoms with Crippen molar-refractivity contribution in [1.29, 1.82) is 0 Å². The maximum atomic E-state index is 14.1. The number of ether oxygens (including phenoxy) is 1. The van der Waals surface area contributed by atoms with Gasteiger partial charge in [0.15, 0.2) is 23.0 Å². The van der Waals surface area contributed by atoms with Gasteiger partial charge in [0.2, 0.25) is 0 Å². The summed E-state index contributed by atoms with van der Waals surface area (Å²) in [6, 6.07) is 4.46. The zero-order valence-electron chi connectivity index (χ0n) is 10.4. The summed E-state index contributed by atoms with van der Waals surface area (Å²) in [5.41, 5.74) is 5.64. The number of nitrogens with one attached hydrogen (secondary N) is 1. The van der Waals surface area contributed by atoms with E-state index < -0.39 is 11.7 Å². The van der Waals surface area contributed by atoms with E-state index in [4.69, 9.17) is 10.5 Å². The normalized spacial score (nSPS) is 10.8. The molecule has 3 N–H and O–H groups in total. The number of H-pyrrole nitrogens is 1. The van der Waals surface area contributed by atoms with E-state index in [1.54, 1.807) is 12.3 Å². The quantitative estimate of drug-likeness (QED) is 0.759. The Kier molecular flexibility index (Phi) is 3.30. The van der Waals surface area contributed by atoms with Gasteiger partial charge in [-0.25, -0.2) is 4.39 Å². The third-order valence-electron chi connectivity index (χ3n) is 2.83. The molecule has 0 spiro atoms. The average molecular weight is 351 g/mol. The van der Waals surface area contributed by atoms with Crippen LogP contribution in [0.3, 0.4) is 0 Å². The van der Waals surface area contributed by atoms with Crippen molar-refractivity contribution in [2.24, 2.45) is 5.73 Å². The molecule has 21 heavy (non-hydrogen) atoms. The van der Waals surface area contributed by atoms with Crippen LogP contribution in [0.15, 0.2) is 35.1 Å². The summed E-state index contributed by atoms with van der Waals surface area (Å²) in [4.78, 5) is 14.2. The molecule has 0 fully saturated rings. The molecule has 2 heterocycles. The molecule has 6 nitrogen and oxygen atoms in total. The first-order valence-electron chi connectivity index (χ1n) is 5.82. The summed E-state index contributed by atoms with van der Waals surface area (Å²) in [6.07, 6.45) is 3.00. The Hall–Kier alpha value is -2.48. The molecule has 3 rings (SSSR count). The lowest BCUT2D eigenvalue weighted by atomic mass is 10.2. The molecule has 0 saturated heterocycles. The van der Waals surface area contributed by atoms with Crippen LogP contribution in [0.25, 0.3) is 10.9 Å². The van der Waals surface area contributed by atoms with Crippen LogP contribution >= 0.6 is 15.9 Å². The molecular weight excluding hydrogens is 343 g/mol. The van der Waals surface area contributed by atoms with Crippen molar-refractivity contribution >= 4 is 32.7 Å². The number of primary amides is 1. The van der Waals surface area contributed by atoms with Crippen molar-refractivity contribution in [3.8, 4) is 11.5 Å². The largest absolute Gasteiger partial charge is 0.450 e. The van der Waals surface area contributed by atoms with Crippen LogP contribution in [0.1, 0.15) is 10.5 Å². The molecule has 3 aromatic rings. The van der Waals surface area contributed by atoms with Crippen LogP contribution in [-0.2, 0) is 0 Å². The highest BCUT2D eigenvalue weighted by Crippen LogP contribution is 2.38. The lowest BCUT2D eigenvalue weighted by Crippen LogP contribution is -2.15. The van der Waals surface area contributed by atoms with E-state index in [2.05, 4.69) is 31.1 Å². The molecule has 8 heteroatoms. The fourth-order valence-electron chi connectivity index (χ4n) is 1.89. The smallest absolute Gasteiger partial charge is 0.273 e. The summed E-state index contributed by atoms with van der Waals surface area (Å²) in [7, 11) is 0. The van der Waals surface area contributed by atoms with E-state index >= 15 is 0 Å². The minimum absolute atomic E-state index is 0.0342. The maximum absolute atomic E-state index is 14.1. The predicted molar refractivity (Wildman–Crippen MR) is 76.6 cm³/mol. The molecule has 0 atom stereocenters. The van der Waals surface area contributed by atoms with Crippen molar-refractivity contribution in [1.82, 2.24) is 15.2 Å². The van der Waals surface area contributed by atoms with Crippen molar-refractivity contribution in [2.45, 2.75) is 0 Å². The Labute approximate surface area is 126 Å². The average Bonchev–Trinajstić information content (AvgIpc) is 2.92. The van der Waals surface area contributed by atoms with Gasteiger partial charge in [-0.05, 0) is 22.0 Å². The van der Waals surface area contributed by atoms with Gasteiger partial charge < -0.3 is 15.5 Å². The Morgan fingerprint density at radius 3 is 3.00 bits per heavy atom. The zero-order chi connectivity index (χ0) is 15.0. The highest BCUT2D eigenvalue weighted by atomic mass is 79.9. The van der Waals surface area contributed by atoms with Crippen LogP contribution in [0.2, 0.25) is 0 Å². The van der Waals surface area contributed by atoms with Crippen molar-refractivity contribution in [3.63, 3.8) is 0 Å². The fraction of sp³-hybridized carbons (Fsp3) is 0. The molecule has 1 amide bonds. The number of carbonyl (C=O) groups is 1. The second-order valence-electron chi connectivity index (χ2n) is 4.15. The molecule has 2 aromatic heterocycles. The molecule has 106 valence electrons. The number of hydrogen-bond acceptors (Lipinski definition) is 4. The zero-order valence-corrected chi connectivity index (χ0v) is 12.0. The van der Waals surface area contributed by atoms with Crippen LogP contribution in [0.4, 0.5) is 4.39 Å². The SMILES string of the molecule is NC(=O)c1nnccc1Oc1c(F)cc2[nH]ccc2c1Br.